The van der Waals surface area contributed by atoms with Gasteiger partial charge in [0.15, 0.2) is 0 Å². The van der Waals surface area contributed by atoms with E-state index in [-0.39, 0.29) is 5.91 Å². The van der Waals surface area contributed by atoms with Crippen molar-refractivity contribution in [2.45, 2.75) is 97.8 Å². The maximum absolute atomic E-state index is 11.3. The lowest BCUT2D eigenvalue weighted by molar-refractivity contribution is -0.126. The molecule has 0 saturated carbocycles. The highest BCUT2D eigenvalue weighted by Gasteiger charge is 2.05. The summed E-state index contributed by atoms with van der Waals surface area (Å²) in [7, 11) is 0. The van der Waals surface area contributed by atoms with E-state index in [2.05, 4.69) is 26.7 Å². The molecule has 0 heterocycles. The maximum Gasteiger partial charge on any atom is 0.232 e. The summed E-state index contributed by atoms with van der Waals surface area (Å²) < 4.78 is 1.49. The van der Waals surface area contributed by atoms with Crippen molar-refractivity contribution in [3.63, 3.8) is 0 Å². The van der Waals surface area contributed by atoms with Gasteiger partial charge in [-0.2, -0.15) is 0 Å². The molecule has 0 N–H and O–H groups in total. The van der Waals surface area contributed by atoms with Gasteiger partial charge < -0.3 is 4.79 Å². The molecule has 0 aromatic rings. The highest BCUT2D eigenvalue weighted by molar-refractivity contribution is 7.78. The minimum atomic E-state index is 0.155. The molecule has 1 amide bonds. The molecule has 0 aliphatic carbocycles. The van der Waals surface area contributed by atoms with E-state index in [4.69, 9.17) is 0 Å². The Morgan fingerprint density at radius 2 is 1.36 bits per heavy atom. The molecule has 0 aliphatic rings. The first-order chi connectivity index (χ1) is 10.6. The van der Waals surface area contributed by atoms with Crippen LogP contribution in [0, 0.1) is 0 Å². The van der Waals surface area contributed by atoms with E-state index in [0.717, 1.165) is 25.5 Å². The lowest BCUT2D eigenvalue weighted by Gasteiger charge is -2.12. The zero-order chi connectivity index (χ0) is 17.1. The van der Waals surface area contributed by atoms with E-state index in [1.807, 2.05) is 6.92 Å². The molecule has 0 atom stereocenters. The Morgan fingerprint density at radius 3 is 1.82 bits per heavy atom. The highest BCUT2D eigenvalue weighted by atomic mass is 32.1. The Balaban J connectivity index is 0. The molecule has 0 spiro atoms. The number of nitrogens with zero attached hydrogens (tertiary/aromatic N) is 1. The van der Waals surface area contributed by atoms with Crippen LogP contribution in [0.4, 0.5) is 0 Å². The van der Waals surface area contributed by atoms with Crippen molar-refractivity contribution in [3.8, 4) is 0 Å². The summed E-state index contributed by atoms with van der Waals surface area (Å²) in [5.41, 5.74) is 0. The van der Waals surface area contributed by atoms with Crippen LogP contribution < -0.4 is 0 Å². The molecule has 22 heavy (non-hydrogen) atoms. The molecule has 0 saturated heterocycles. The second kappa shape index (κ2) is 20.5. The van der Waals surface area contributed by atoms with Crippen LogP contribution in [0.2, 0.25) is 0 Å². The van der Waals surface area contributed by atoms with E-state index in [1.165, 1.54) is 55.7 Å². The highest BCUT2D eigenvalue weighted by Crippen LogP contribution is 2.07. The molecule has 0 aromatic heterocycles. The molecule has 132 valence electrons. The first-order valence-corrected chi connectivity index (χ1v) is 9.46. The van der Waals surface area contributed by atoms with E-state index < -0.39 is 0 Å². The zero-order valence-electron chi connectivity index (χ0n) is 15.0. The summed E-state index contributed by atoms with van der Waals surface area (Å²) in [5.74, 6) is 0.155. The van der Waals surface area contributed by atoms with Gasteiger partial charge in [-0.3, -0.25) is 9.10 Å². The van der Waals surface area contributed by atoms with Gasteiger partial charge in [0, 0.05) is 19.4 Å². The molecular formula is C18H37NO2S. The van der Waals surface area contributed by atoms with Crippen molar-refractivity contribution in [3.05, 3.63) is 0 Å². The van der Waals surface area contributed by atoms with Gasteiger partial charge in [0.1, 0.15) is 6.29 Å². The second-order valence-electron chi connectivity index (χ2n) is 5.64. The number of aldehydes is 1. The molecule has 0 aromatic carbocycles. The first kappa shape index (κ1) is 23.8. The summed E-state index contributed by atoms with van der Waals surface area (Å²) in [5, 5.41) is 0. The fraction of sp³-hybridized carbons (Fsp3) is 0.889. The third-order valence-corrected chi connectivity index (χ3v) is 4.01. The number of unbranched alkanes of at least 4 members (excludes halogenated alkanes) is 9. The minimum absolute atomic E-state index is 0.155. The number of thiol groups is 1. The second-order valence-corrected chi connectivity index (χ2v) is 6.13. The van der Waals surface area contributed by atoms with Crippen LogP contribution in [0.15, 0.2) is 0 Å². The average Bonchev–Trinajstić information content (AvgIpc) is 2.54. The van der Waals surface area contributed by atoms with Gasteiger partial charge in [-0.15, -0.1) is 0 Å². The van der Waals surface area contributed by atoms with Crippen molar-refractivity contribution < 1.29 is 9.59 Å². The molecular weight excluding hydrogens is 294 g/mol. The topological polar surface area (TPSA) is 37.4 Å². The minimum Gasteiger partial charge on any atom is -0.303 e. The Kier molecular flexibility index (Phi) is 22.1. The first-order valence-electron chi connectivity index (χ1n) is 9.06. The number of carbonyl (C=O) groups excluding carboxylic acids is 2. The monoisotopic (exact) mass is 331 g/mol. The largest absolute Gasteiger partial charge is 0.303 e. The summed E-state index contributed by atoms with van der Waals surface area (Å²) in [6, 6.07) is 0. The molecule has 0 bridgehead atoms. The molecule has 0 unspecified atom stereocenters. The van der Waals surface area contributed by atoms with Crippen LogP contribution >= 0.6 is 12.8 Å². The fourth-order valence-electron chi connectivity index (χ4n) is 2.02. The van der Waals surface area contributed by atoms with Crippen molar-refractivity contribution in [1.29, 1.82) is 0 Å². The number of rotatable bonds is 13. The molecule has 4 heteroatoms. The Morgan fingerprint density at radius 1 is 0.864 bits per heavy atom. The normalized spacial score (nSPS) is 9.82. The van der Waals surface area contributed by atoms with E-state index in [9.17, 15) is 9.59 Å². The van der Waals surface area contributed by atoms with Crippen molar-refractivity contribution in [2.75, 3.05) is 6.54 Å². The van der Waals surface area contributed by atoms with E-state index >= 15 is 0 Å². The van der Waals surface area contributed by atoms with E-state index in [0.29, 0.717) is 13.0 Å². The molecule has 0 rings (SSSR count). The molecule has 0 radical (unpaired) electrons. The predicted octanol–water partition coefficient (Wildman–Crippen LogP) is 5.59. The third kappa shape index (κ3) is 19.5. The van der Waals surface area contributed by atoms with Gasteiger partial charge in [0.25, 0.3) is 0 Å². The van der Waals surface area contributed by atoms with Crippen molar-refractivity contribution in [2.24, 2.45) is 0 Å². The zero-order valence-corrected chi connectivity index (χ0v) is 15.9. The Bertz CT molecular complexity index is 247. The third-order valence-electron chi connectivity index (χ3n) is 3.51. The quantitative estimate of drug-likeness (QED) is 0.271. The van der Waals surface area contributed by atoms with E-state index in [1.54, 1.807) is 0 Å². The maximum atomic E-state index is 11.3. The number of hydrogen-bond donors (Lipinski definition) is 1. The van der Waals surface area contributed by atoms with Crippen molar-refractivity contribution in [1.82, 2.24) is 4.31 Å². The number of amides is 1. The molecule has 0 fully saturated rings. The fourth-order valence-corrected chi connectivity index (χ4v) is 2.12. The molecule has 3 nitrogen and oxygen atoms in total. The van der Waals surface area contributed by atoms with Crippen LogP contribution in [0.1, 0.15) is 97.8 Å². The SMILES string of the molecule is CCCCCCCC(=O)N(S)CC.CCCCCCCC=O. The lowest BCUT2D eigenvalue weighted by Crippen LogP contribution is -2.20. The van der Waals surface area contributed by atoms with Gasteiger partial charge in [-0.05, 0) is 19.8 Å². The average molecular weight is 332 g/mol. The lowest BCUT2D eigenvalue weighted by atomic mass is 10.1. The number of carbonyl (C=O) groups is 2. The number of hydrogen-bond acceptors (Lipinski definition) is 3. The van der Waals surface area contributed by atoms with Crippen LogP contribution in [-0.4, -0.2) is 23.0 Å². The van der Waals surface area contributed by atoms with Gasteiger partial charge in [-0.1, -0.05) is 78.0 Å². The summed E-state index contributed by atoms with van der Waals surface area (Å²) in [4.78, 5) is 21.1. The summed E-state index contributed by atoms with van der Waals surface area (Å²) >= 11 is 4.05. The standard InChI is InChI=1S/C10H21NOS.C8H16O/c1-3-5-6-7-8-9-10(12)11(13)4-2;1-2-3-4-5-6-7-8-9/h13H,3-9H2,1-2H3;8H,2-7H2,1H3. The van der Waals surface area contributed by atoms with Crippen LogP contribution in [-0.2, 0) is 9.59 Å². The van der Waals surface area contributed by atoms with Crippen LogP contribution in [0.3, 0.4) is 0 Å². The van der Waals surface area contributed by atoms with Gasteiger partial charge in [0.2, 0.25) is 5.91 Å². The smallest absolute Gasteiger partial charge is 0.232 e. The Labute approximate surface area is 143 Å². The van der Waals surface area contributed by atoms with Crippen LogP contribution in [0.5, 0.6) is 0 Å². The predicted molar refractivity (Wildman–Crippen MR) is 99.2 cm³/mol. The summed E-state index contributed by atoms with van der Waals surface area (Å²) in [6.07, 6.45) is 14.6. The van der Waals surface area contributed by atoms with Gasteiger partial charge in [0.05, 0.1) is 0 Å². The van der Waals surface area contributed by atoms with Gasteiger partial charge >= 0.3 is 0 Å². The summed E-state index contributed by atoms with van der Waals surface area (Å²) in [6.45, 7) is 7.01. The Hall–Kier alpha value is -0.510. The molecule has 0 aliphatic heterocycles. The van der Waals surface area contributed by atoms with Crippen LogP contribution in [0.25, 0.3) is 0 Å². The van der Waals surface area contributed by atoms with Gasteiger partial charge in [-0.25, -0.2) is 0 Å². The van der Waals surface area contributed by atoms with Crippen molar-refractivity contribution >= 4 is 25.0 Å².